The first kappa shape index (κ1) is 15.6. The van der Waals surface area contributed by atoms with Crippen molar-refractivity contribution >= 4 is 11.4 Å². The average molecular weight is 293 g/mol. The van der Waals surface area contributed by atoms with Crippen molar-refractivity contribution in [2.45, 2.75) is 26.2 Å². The number of rotatable bonds is 8. The van der Waals surface area contributed by atoms with Crippen LogP contribution in [0.5, 0.6) is 5.75 Å². The molecule has 0 radical (unpaired) electrons. The van der Waals surface area contributed by atoms with Crippen LogP contribution in [0.3, 0.4) is 0 Å². The molecule has 0 aliphatic carbocycles. The van der Waals surface area contributed by atoms with Crippen LogP contribution in [-0.4, -0.2) is 42.6 Å². The number of benzene rings is 1. The highest BCUT2D eigenvalue weighted by Gasteiger charge is 2.13. The van der Waals surface area contributed by atoms with Crippen molar-refractivity contribution in [3.8, 4) is 5.75 Å². The second-order valence-corrected chi connectivity index (χ2v) is 5.30. The van der Waals surface area contributed by atoms with Crippen molar-refractivity contribution in [3.63, 3.8) is 0 Å². The normalized spacial score (nSPS) is 15.1. The first-order chi connectivity index (χ1) is 10.2. The third-order valence-electron chi connectivity index (χ3n) is 3.56. The quantitative estimate of drug-likeness (QED) is 0.589. The highest BCUT2D eigenvalue weighted by molar-refractivity contribution is 5.56. The molecule has 0 spiro atoms. The molecule has 1 fully saturated rings. The Balaban J connectivity index is 1.95. The summed E-state index contributed by atoms with van der Waals surface area (Å²) >= 11 is 0. The molecule has 1 aromatic rings. The molecule has 116 valence electrons. The van der Waals surface area contributed by atoms with E-state index in [1.807, 2.05) is 6.07 Å². The van der Waals surface area contributed by atoms with Crippen molar-refractivity contribution in [1.82, 2.24) is 4.90 Å². The van der Waals surface area contributed by atoms with Crippen LogP contribution < -0.4 is 10.1 Å². The van der Waals surface area contributed by atoms with Crippen molar-refractivity contribution in [1.29, 1.82) is 0 Å². The maximum absolute atomic E-state index is 11.0. The minimum Gasteiger partial charge on any atom is -0.492 e. The van der Waals surface area contributed by atoms with Crippen molar-refractivity contribution in [2.75, 3.05) is 38.1 Å². The van der Waals surface area contributed by atoms with Crippen molar-refractivity contribution in [3.05, 3.63) is 28.3 Å². The predicted molar refractivity (Wildman–Crippen MR) is 83.0 cm³/mol. The second-order valence-electron chi connectivity index (χ2n) is 5.30. The van der Waals surface area contributed by atoms with Gasteiger partial charge in [-0.05, 0) is 32.4 Å². The summed E-state index contributed by atoms with van der Waals surface area (Å²) in [5.41, 5.74) is 0.800. The van der Waals surface area contributed by atoms with Gasteiger partial charge in [-0.15, -0.1) is 0 Å². The molecule has 0 atom stereocenters. The number of nitrogens with one attached hydrogen (secondary N) is 1. The average Bonchev–Trinajstić information content (AvgIpc) is 2.98. The van der Waals surface area contributed by atoms with Crippen LogP contribution in [0.2, 0.25) is 0 Å². The molecule has 0 saturated carbocycles. The van der Waals surface area contributed by atoms with E-state index in [1.54, 1.807) is 6.07 Å². The van der Waals surface area contributed by atoms with Gasteiger partial charge in [-0.2, -0.15) is 0 Å². The van der Waals surface area contributed by atoms with E-state index in [4.69, 9.17) is 4.74 Å². The van der Waals surface area contributed by atoms with Crippen LogP contribution in [0.1, 0.15) is 26.2 Å². The fourth-order valence-corrected chi connectivity index (χ4v) is 2.44. The first-order valence-corrected chi connectivity index (χ1v) is 7.57. The number of hydrogen-bond donors (Lipinski definition) is 1. The van der Waals surface area contributed by atoms with Crippen LogP contribution in [0.15, 0.2) is 18.2 Å². The van der Waals surface area contributed by atoms with Gasteiger partial charge in [0.05, 0.1) is 11.0 Å². The number of nitrogens with zero attached hydrogens (tertiary/aromatic N) is 2. The molecule has 1 aliphatic rings. The monoisotopic (exact) mass is 293 g/mol. The molecule has 1 aliphatic heterocycles. The zero-order valence-electron chi connectivity index (χ0n) is 12.5. The van der Waals surface area contributed by atoms with Crippen LogP contribution >= 0.6 is 0 Å². The highest BCUT2D eigenvalue weighted by atomic mass is 16.6. The SMILES string of the molecule is CCCNc1cc(OCCN2CCCC2)cc([N+](=O)[O-])c1. The molecule has 0 unspecified atom stereocenters. The number of nitro benzene ring substituents is 1. The van der Waals surface area contributed by atoms with Gasteiger partial charge in [0.2, 0.25) is 0 Å². The number of nitro groups is 1. The second kappa shape index (κ2) is 7.83. The lowest BCUT2D eigenvalue weighted by atomic mass is 10.2. The van der Waals surface area contributed by atoms with Gasteiger partial charge in [0.1, 0.15) is 12.4 Å². The molecule has 2 rings (SSSR count). The molecule has 1 N–H and O–H groups in total. The number of hydrogen-bond acceptors (Lipinski definition) is 5. The lowest BCUT2D eigenvalue weighted by Gasteiger charge is -2.15. The van der Waals surface area contributed by atoms with Gasteiger partial charge in [-0.3, -0.25) is 15.0 Å². The van der Waals surface area contributed by atoms with Gasteiger partial charge in [-0.25, -0.2) is 0 Å². The van der Waals surface area contributed by atoms with E-state index in [1.165, 1.54) is 18.9 Å². The summed E-state index contributed by atoms with van der Waals surface area (Å²) in [5.74, 6) is 0.557. The van der Waals surface area contributed by atoms with E-state index in [9.17, 15) is 10.1 Å². The summed E-state index contributed by atoms with van der Waals surface area (Å²) in [6.45, 7) is 6.53. The number of non-ortho nitro benzene ring substituents is 1. The summed E-state index contributed by atoms with van der Waals surface area (Å²) in [6, 6.07) is 4.86. The van der Waals surface area contributed by atoms with E-state index in [0.29, 0.717) is 12.4 Å². The smallest absolute Gasteiger partial charge is 0.275 e. The van der Waals surface area contributed by atoms with Gasteiger partial charge >= 0.3 is 0 Å². The topological polar surface area (TPSA) is 67.6 Å². The van der Waals surface area contributed by atoms with Gasteiger partial charge in [0, 0.05) is 30.9 Å². The Kier molecular flexibility index (Phi) is 5.80. The predicted octanol–water partition coefficient (Wildman–Crippen LogP) is 2.89. The molecule has 21 heavy (non-hydrogen) atoms. The van der Waals surface area contributed by atoms with Crippen molar-refractivity contribution < 1.29 is 9.66 Å². The fourth-order valence-electron chi connectivity index (χ4n) is 2.44. The van der Waals surface area contributed by atoms with Gasteiger partial charge < -0.3 is 10.1 Å². The maximum Gasteiger partial charge on any atom is 0.275 e. The summed E-state index contributed by atoms with van der Waals surface area (Å²) < 4.78 is 5.69. The highest BCUT2D eigenvalue weighted by Crippen LogP contribution is 2.26. The molecule has 0 aromatic heterocycles. The molecule has 0 amide bonds. The minimum absolute atomic E-state index is 0.0623. The number of anilines is 1. The molecular weight excluding hydrogens is 270 g/mol. The summed E-state index contributed by atoms with van der Waals surface area (Å²) in [5, 5.41) is 14.1. The fraction of sp³-hybridized carbons (Fsp3) is 0.600. The molecule has 1 aromatic carbocycles. The van der Waals surface area contributed by atoms with Crippen molar-refractivity contribution in [2.24, 2.45) is 0 Å². The Hall–Kier alpha value is -1.82. The van der Waals surface area contributed by atoms with Gasteiger partial charge in [0.25, 0.3) is 5.69 Å². The molecule has 6 heteroatoms. The summed E-state index contributed by atoms with van der Waals surface area (Å²) in [4.78, 5) is 12.9. The van der Waals surface area contributed by atoms with E-state index in [2.05, 4.69) is 17.1 Å². The van der Waals surface area contributed by atoms with E-state index >= 15 is 0 Å². The van der Waals surface area contributed by atoms with Gasteiger partial charge in [-0.1, -0.05) is 6.92 Å². The molecule has 0 bridgehead atoms. The lowest BCUT2D eigenvalue weighted by Crippen LogP contribution is -2.25. The Morgan fingerprint density at radius 2 is 2.10 bits per heavy atom. The van der Waals surface area contributed by atoms with Gasteiger partial charge in [0.15, 0.2) is 0 Å². The summed E-state index contributed by atoms with van der Waals surface area (Å²) in [7, 11) is 0. The molecule has 6 nitrogen and oxygen atoms in total. The lowest BCUT2D eigenvalue weighted by molar-refractivity contribution is -0.384. The third kappa shape index (κ3) is 4.90. The first-order valence-electron chi connectivity index (χ1n) is 7.57. The zero-order chi connectivity index (χ0) is 15.1. The van der Waals surface area contributed by atoms with Crippen LogP contribution in [0.25, 0.3) is 0 Å². The van der Waals surface area contributed by atoms with E-state index < -0.39 is 0 Å². The van der Waals surface area contributed by atoms with Crippen LogP contribution in [0.4, 0.5) is 11.4 Å². The Morgan fingerprint density at radius 3 is 2.76 bits per heavy atom. The number of likely N-dealkylation sites (tertiary alicyclic amines) is 1. The Morgan fingerprint density at radius 1 is 1.33 bits per heavy atom. The standard InChI is InChI=1S/C15H23N3O3/c1-2-5-16-13-10-14(18(19)20)12-15(11-13)21-9-8-17-6-3-4-7-17/h10-12,16H,2-9H2,1H3. The zero-order valence-corrected chi connectivity index (χ0v) is 12.5. The third-order valence-corrected chi connectivity index (χ3v) is 3.56. The van der Waals surface area contributed by atoms with Crippen LogP contribution in [0, 0.1) is 10.1 Å². The largest absolute Gasteiger partial charge is 0.492 e. The minimum atomic E-state index is -0.384. The Bertz CT molecular complexity index is 473. The Labute approximate surface area is 125 Å². The van der Waals surface area contributed by atoms with E-state index in [0.717, 1.165) is 38.3 Å². The maximum atomic E-state index is 11.0. The van der Waals surface area contributed by atoms with E-state index in [-0.39, 0.29) is 10.6 Å². The molecular formula is C15H23N3O3. The molecule has 1 saturated heterocycles. The summed E-state index contributed by atoms with van der Waals surface area (Å²) in [6.07, 6.45) is 3.47. The molecule has 1 heterocycles. The number of ether oxygens (including phenoxy) is 1. The van der Waals surface area contributed by atoms with Crippen LogP contribution in [-0.2, 0) is 0 Å².